The highest BCUT2D eigenvalue weighted by atomic mass is 32.2. The van der Waals surface area contributed by atoms with Gasteiger partial charge in [-0.2, -0.15) is 0 Å². The second-order valence-corrected chi connectivity index (χ2v) is 5.10. The molecule has 0 aliphatic heterocycles. The highest BCUT2D eigenvalue weighted by Gasteiger charge is 2.08. The summed E-state index contributed by atoms with van der Waals surface area (Å²) in [5.74, 6) is 0.981. The molecule has 0 spiro atoms. The smallest absolute Gasteiger partial charge is 0.124 e. The van der Waals surface area contributed by atoms with Crippen LogP contribution in [-0.4, -0.2) is 20.7 Å². The molecule has 1 aromatic heterocycles. The lowest BCUT2D eigenvalue weighted by Crippen LogP contribution is -2.13. The quantitative estimate of drug-likeness (QED) is 0.625. The van der Waals surface area contributed by atoms with E-state index in [1.165, 1.54) is 0 Å². The first-order chi connectivity index (χ1) is 7.69. The van der Waals surface area contributed by atoms with Crippen LogP contribution < -0.4 is 5.73 Å². The molecule has 0 bridgehead atoms. The monoisotopic (exact) mass is 255 g/mol. The molecular formula is C11H17N3S2. The third kappa shape index (κ3) is 3.72. The summed E-state index contributed by atoms with van der Waals surface area (Å²) < 4.78 is 0. The average Bonchev–Trinajstić information content (AvgIpc) is 2.27. The largest absolute Gasteiger partial charge is 0.388 e. The van der Waals surface area contributed by atoms with Crippen LogP contribution in [0.25, 0.3) is 0 Å². The predicted octanol–water partition coefficient (Wildman–Crippen LogP) is 2.57. The van der Waals surface area contributed by atoms with Gasteiger partial charge in [-0.1, -0.05) is 32.5 Å². The second-order valence-electron chi connectivity index (χ2n) is 3.41. The zero-order chi connectivity index (χ0) is 12.0. The fraction of sp³-hybridized carbons (Fsp3) is 0.545. The highest BCUT2D eigenvalue weighted by molar-refractivity contribution is 7.99. The van der Waals surface area contributed by atoms with Gasteiger partial charge in [-0.3, -0.25) is 4.98 Å². The van der Waals surface area contributed by atoms with Crippen LogP contribution in [0.1, 0.15) is 38.1 Å². The Morgan fingerprint density at radius 3 is 2.81 bits per heavy atom. The number of hydrogen-bond acceptors (Lipinski definition) is 4. The van der Waals surface area contributed by atoms with E-state index in [0.717, 1.165) is 35.7 Å². The Hall–Kier alpha value is -0.680. The van der Waals surface area contributed by atoms with E-state index in [4.69, 9.17) is 18.0 Å². The molecule has 88 valence electrons. The number of nitrogens with zero attached hydrogens (tertiary/aromatic N) is 2. The molecule has 0 aliphatic carbocycles. The Labute approximate surface area is 106 Å². The Morgan fingerprint density at radius 1 is 1.50 bits per heavy atom. The topological polar surface area (TPSA) is 51.8 Å². The van der Waals surface area contributed by atoms with Crippen molar-refractivity contribution in [3.63, 3.8) is 0 Å². The Kier molecular flexibility index (Phi) is 5.69. The number of aryl methyl sites for hydroxylation is 1. The van der Waals surface area contributed by atoms with E-state index in [2.05, 4.69) is 23.8 Å². The maximum Gasteiger partial charge on any atom is 0.124 e. The standard InChI is InChI=1S/C11H17N3S2/c1-3-5-6-8-11(16-4-2)14-9(7-13-8)10(12)15/h7H,3-6H2,1-2H3,(H2,12,15). The number of rotatable bonds is 6. The average molecular weight is 255 g/mol. The first-order valence-electron chi connectivity index (χ1n) is 5.47. The Morgan fingerprint density at radius 2 is 2.25 bits per heavy atom. The summed E-state index contributed by atoms with van der Waals surface area (Å²) in [6.07, 6.45) is 4.95. The molecule has 0 amide bonds. The molecule has 3 nitrogen and oxygen atoms in total. The van der Waals surface area contributed by atoms with Crippen LogP contribution in [0.4, 0.5) is 0 Å². The summed E-state index contributed by atoms with van der Waals surface area (Å²) in [4.78, 5) is 9.17. The van der Waals surface area contributed by atoms with Crippen molar-refractivity contribution in [2.75, 3.05) is 5.75 Å². The van der Waals surface area contributed by atoms with Crippen LogP contribution in [0, 0.1) is 0 Å². The molecule has 1 heterocycles. The van der Waals surface area contributed by atoms with Crippen LogP contribution in [-0.2, 0) is 6.42 Å². The zero-order valence-electron chi connectivity index (χ0n) is 9.69. The molecule has 1 rings (SSSR count). The second kappa shape index (κ2) is 6.81. The van der Waals surface area contributed by atoms with Gasteiger partial charge in [0.05, 0.1) is 11.9 Å². The minimum atomic E-state index is 0.312. The van der Waals surface area contributed by atoms with Crippen molar-refractivity contribution in [3.8, 4) is 0 Å². The van der Waals surface area contributed by atoms with Crippen molar-refractivity contribution in [2.45, 2.75) is 38.1 Å². The number of nitrogens with two attached hydrogens (primary N) is 1. The minimum Gasteiger partial charge on any atom is -0.388 e. The molecule has 1 aromatic rings. The van der Waals surface area contributed by atoms with Gasteiger partial charge in [-0.25, -0.2) is 4.98 Å². The minimum absolute atomic E-state index is 0.312. The summed E-state index contributed by atoms with van der Waals surface area (Å²) in [5.41, 5.74) is 7.23. The fourth-order valence-corrected chi connectivity index (χ4v) is 2.14. The number of aromatic nitrogens is 2. The molecule has 0 saturated carbocycles. The molecule has 0 unspecified atom stereocenters. The van der Waals surface area contributed by atoms with Gasteiger partial charge in [0.15, 0.2) is 0 Å². The normalized spacial score (nSPS) is 10.4. The summed E-state index contributed by atoms with van der Waals surface area (Å²) in [7, 11) is 0. The molecule has 16 heavy (non-hydrogen) atoms. The van der Waals surface area contributed by atoms with Crippen molar-refractivity contribution >= 4 is 29.0 Å². The van der Waals surface area contributed by atoms with Crippen LogP contribution >= 0.6 is 24.0 Å². The lowest BCUT2D eigenvalue weighted by atomic mass is 10.2. The third-order valence-corrected chi connectivity index (χ3v) is 3.21. The van der Waals surface area contributed by atoms with E-state index < -0.39 is 0 Å². The lowest BCUT2D eigenvalue weighted by Gasteiger charge is -2.07. The van der Waals surface area contributed by atoms with Crippen LogP contribution in [0.2, 0.25) is 0 Å². The van der Waals surface area contributed by atoms with Crippen molar-refractivity contribution in [3.05, 3.63) is 17.6 Å². The van der Waals surface area contributed by atoms with Crippen LogP contribution in [0.5, 0.6) is 0 Å². The van der Waals surface area contributed by atoms with Crippen molar-refractivity contribution in [2.24, 2.45) is 5.73 Å². The predicted molar refractivity (Wildman–Crippen MR) is 72.9 cm³/mol. The number of thioether (sulfide) groups is 1. The van der Waals surface area contributed by atoms with E-state index in [1.807, 2.05) is 0 Å². The van der Waals surface area contributed by atoms with E-state index >= 15 is 0 Å². The fourth-order valence-electron chi connectivity index (χ4n) is 1.28. The van der Waals surface area contributed by atoms with Crippen molar-refractivity contribution in [1.82, 2.24) is 9.97 Å². The van der Waals surface area contributed by atoms with Gasteiger partial charge < -0.3 is 5.73 Å². The highest BCUT2D eigenvalue weighted by Crippen LogP contribution is 2.20. The molecule has 0 saturated heterocycles. The SMILES string of the molecule is CCCCc1ncc(C(N)=S)nc1SCC. The van der Waals surface area contributed by atoms with E-state index in [0.29, 0.717) is 10.7 Å². The van der Waals surface area contributed by atoms with Gasteiger partial charge in [-0.15, -0.1) is 11.8 Å². The third-order valence-electron chi connectivity index (χ3n) is 2.11. The van der Waals surface area contributed by atoms with Crippen molar-refractivity contribution < 1.29 is 0 Å². The summed E-state index contributed by atoms with van der Waals surface area (Å²) in [6.45, 7) is 4.27. The lowest BCUT2D eigenvalue weighted by molar-refractivity contribution is 0.749. The molecule has 2 N–H and O–H groups in total. The maximum atomic E-state index is 5.55. The van der Waals surface area contributed by atoms with E-state index in [-0.39, 0.29) is 0 Å². The molecule has 0 aromatic carbocycles. The number of hydrogen-bond donors (Lipinski definition) is 1. The van der Waals surface area contributed by atoms with Gasteiger partial charge >= 0.3 is 0 Å². The van der Waals surface area contributed by atoms with Gasteiger partial charge in [0.25, 0.3) is 0 Å². The van der Waals surface area contributed by atoms with Gasteiger partial charge in [-0.05, 0) is 18.6 Å². The number of unbranched alkanes of at least 4 members (excludes halogenated alkanes) is 1. The van der Waals surface area contributed by atoms with Crippen LogP contribution in [0.3, 0.4) is 0 Å². The van der Waals surface area contributed by atoms with Crippen molar-refractivity contribution in [1.29, 1.82) is 0 Å². The molecule has 0 fully saturated rings. The van der Waals surface area contributed by atoms with Gasteiger partial charge in [0.2, 0.25) is 0 Å². The zero-order valence-corrected chi connectivity index (χ0v) is 11.3. The Bertz CT molecular complexity index is 366. The summed E-state index contributed by atoms with van der Waals surface area (Å²) >= 11 is 6.60. The number of thiocarbonyl (C=S) groups is 1. The summed E-state index contributed by atoms with van der Waals surface area (Å²) in [6, 6.07) is 0. The van der Waals surface area contributed by atoms with E-state index in [9.17, 15) is 0 Å². The molecular weight excluding hydrogens is 238 g/mol. The summed E-state index contributed by atoms with van der Waals surface area (Å²) in [5, 5.41) is 0.973. The molecule has 0 radical (unpaired) electrons. The van der Waals surface area contributed by atoms with Gasteiger partial charge in [0.1, 0.15) is 15.7 Å². The van der Waals surface area contributed by atoms with Gasteiger partial charge in [0, 0.05) is 0 Å². The first-order valence-corrected chi connectivity index (χ1v) is 6.86. The molecule has 5 heteroatoms. The Balaban J connectivity index is 2.94. The van der Waals surface area contributed by atoms with E-state index in [1.54, 1.807) is 18.0 Å². The molecule has 0 aliphatic rings. The first kappa shape index (κ1) is 13.4. The maximum absolute atomic E-state index is 5.55. The van der Waals surface area contributed by atoms with Crippen LogP contribution in [0.15, 0.2) is 11.2 Å². The molecule has 0 atom stereocenters.